The molecule has 0 unspecified atom stereocenters. The van der Waals surface area contributed by atoms with Crippen LogP contribution in [0.1, 0.15) is 32.6 Å². The van der Waals surface area contributed by atoms with Crippen molar-refractivity contribution < 1.29 is 0 Å². The molecule has 0 aromatic heterocycles. The quantitative estimate of drug-likeness (QED) is 0.433. The van der Waals surface area contributed by atoms with Crippen LogP contribution < -0.4 is 0 Å². The van der Waals surface area contributed by atoms with Crippen molar-refractivity contribution in [1.29, 1.82) is 0 Å². The van der Waals surface area contributed by atoms with Gasteiger partial charge in [-0.15, -0.1) is 12.3 Å². The van der Waals surface area contributed by atoms with Crippen LogP contribution in [0.4, 0.5) is 0 Å². The molecule has 1 rings (SSSR count). The molecular formula is C9H14. The summed E-state index contributed by atoms with van der Waals surface area (Å²) in [6, 6.07) is 0. The van der Waals surface area contributed by atoms with Gasteiger partial charge < -0.3 is 0 Å². The van der Waals surface area contributed by atoms with E-state index in [1.54, 1.807) is 0 Å². The molecule has 0 aromatic rings. The van der Waals surface area contributed by atoms with Gasteiger partial charge in [-0.05, 0) is 18.8 Å². The highest BCUT2D eigenvalue weighted by atomic mass is 14.2. The molecule has 0 bridgehead atoms. The van der Waals surface area contributed by atoms with Crippen molar-refractivity contribution in [2.24, 2.45) is 11.8 Å². The van der Waals surface area contributed by atoms with Crippen LogP contribution in [0.3, 0.4) is 0 Å². The lowest BCUT2D eigenvalue weighted by atomic mass is 9.81. The van der Waals surface area contributed by atoms with E-state index in [-0.39, 0.29) is 0 Å². The molecule has 0 spiro atoms. The van der Waals surface area contributed by atoms with Gasteiger partial charge >= 0.3 is 0 Å². The van der Waals surface area contributed by atoms with Crippen LogP contribution in [0, 0.1) is 24.2 Å². The highest BCUT2D eigenvalue weighted by Gasteiger charge is 2.18. The SMILES string of the molecule is C#C[C@@H]1CCCC[C@H]1C. The summed E-state index contributed by atoms with van der Waals surface area (Å²) < 4.78 is 0. The lowest BCUT2D eigenvalue weighted by Crippen LogP contribution is -2.14. The van der Waals surface area contributed by atoms with E-state index in [0.717, 1.165) is 5.92 Å². The molecule has 0 heterocycles. The molecule has 1 aliphatic rings. The van der Waals surface area contributed by atoms with Crippen molar-refractivity contribution in [3.8, 4) is 12.3 Å². The van der Waals surface area contributed by atoms with Gasteiger partial charge in [0.05, 0.1) is 0 Å². The van der Waals surface area contributed by atoms with Crippen molar-refractivity contribution in [3.05, 3.63) is 0 Å². The number of hydrogen-bond donors (Lipinski definition) is 0. The first-order valence-corrected chi connectivity index (χ1v) is 3.80. The maximum absolute atomic E-state index is 5.34. The molecule has 1 fully saturated rings. The van der Waals surface area contributed by atoms with Crippen molar-refractivity contribution in [2.75, 3.05) is 0 Å². The Kier molecular flexibility index (Phi) is 2.16. The van der Waals surface area contributed by atoms with Crippen LogP contribution in [-0.4, -0.2) is 0 Å². The largest absolute Gasteiger partial charge is 0.120 e. The highest BCUT2D eigenvalue weighted by Crippen LogP contribution is 2.28. The molecule has 1 saturated carbocycles. The molecular weight excluding hydrogens is 108 g/mol. The summed E-state index contributed by atoms with van der Waals surface area (Å²) in [5.74, 6) is 4.22. The Morgan fingerprint density at radius 1 is 1.33 bits per heavy atom. The molecule has 1 aliphatic carbocycles. The summed E-state index contributed by atoms with van der Waals surface area (Å²) in [7, 11) is 0. The van der Waals surface area contributed by atoms with Gasteiger partial charge in [0.15, 0.2) is 0 Å². The van der Waals surface area contributed by atoms with Crippen molar-refractivity contribution in [1.82, 2.24) is 0 Å². The Bertz CT molecular complexity index is 118. The lowest BCUT2D eigenvalue weighted by molar-refractivity contribution is 0.316. The van der Waals surface area contributed by atoms with Gasteiger partial charge in [-0.3, -0.25) is 0 Å². The van der Waals surface area contributed by atoms with Gasteiger partial charge in [0.25, 0.3) is 0 Å². The molecule has 0 aliphatic heterocycles. The molecule has 0 heteroatoms. The van der Waals surface area contributed by atoms with E-state index in [2.05, 4.69) is 12.8 Å². The fourth-order valence-electron chi connectivity index (χ4n) is 1.56. The Morgan fingerprint density at radius 3 is 2.44 bits per heavy atom. The summed E-state index contributed by atoms with van der Waals surface area (Å²) in [5.41, 5.74) is 0. The van der Waals surface area contributed by atoms with Crippen molar-refractivity contribution in [2.45, 2.75) is 32.6 Å². The minimum atomic E-state index is 0.582. The normalized spacial score (nSPS) is 35.6. The van der Waals surface area contributed by atoms with E-state index in [9.17, 15) is 0 Å². The van der Waals surface area contributed by atoms with Crippen LogP contribution in [0.5, 0.6) is 0 Å². The van der Waals surface area contributed by atoms with Gasteiger partial charge in [0.1, 0.15) is 0 Å². The van der Waals surface area contributed by atoms with Crippen LogP contribution in [0.15, 0.2) is 0 Å². The molecule has 50 valence electrons. The van der Waals surface area contributed by atoms with Crippen LogP contribution in [-0.2, 0) is 0 Å². The zero-order valence-electron chi connectivity index (χ0n) is 6.06. The average molecular weight is 122 g/mol. The van der Waals surface area contributed by atoms with Crippen molar-refractivity contribution in [3.63, 3.8) is 0 Å². The van der Waals surface area contributed by atoms with E-state index >= 15 is 0 Å². The molecule has 0 radical (unpaired) electrons. The van der Waals surface area contributed by atoms with Gasteiger partial charge in [-0.25, -0.2) is 0 Å². The maximum Gasteiger partial charge on any atom is 0.0225 e. The maximum atomic E-state index is 5.34. The third kappa shape index (κ3) is 1.48. The molecule has 0 aromatic carbocycles. The third-order valence-corrected chi connectivity index (χ3v) is 2.33. The van der Waals surface area contributed by atoms with Gasteiger partial charge in [0, 0.05) is 5.92 Å². The van der Waals surface area contributed by atoms with Crippen molar-refractivity contribution >= 4 is 0 Å². The molecule has 0 nitrogen and oxygen atoms in total. The Hall–Kier alpha value is -0.440. The Labute approximate surface area is 57.7 Å². The van der Waals surface area contributed by atoms with Crippen LogP contribution >= 0.6 is 0 Å². The summed E-state index contributed by atoms with van der Waals surface area (Å²) in [5, 5.41) is 0. The van der Waals surface area contributed by atoms with E-state index < -0.39 is 0 Å². The highest BCUT2D eigenvalue weighted by molar-refractivity contribution is 4.96. The fourth-order valence-corrected chi connectivity index (χ4v) is 1.56. The minimum Gasteiger partial charge on any atom is -0.120 e. The number of terminal acetylenes is 1. The lowest BCUT2D eigenvalue weighted by Gasteiger charge is -2.23. The van der Waals surface area contributed by atoms with E-state index in [1.807, 2.05) is 0 Å². The molecule has 9 heavy (non-hydrogen) atoms. The standard InChI is InChI=1S/C9H14/c1-3-9-7-5-4-6-8(9)2/h1,8-9H,4-7H2,2H3/t8-,9-/m1/s1. The zero-order valence-corrected chi connectivity index (χ0v) is 6.06. The van der Waals surface area contributed by atoms with Gasteiger partial charge in [-0.2, -0.15) is 0 Å². The average Bonchev–Trinajstić information content (AvgIpc) is 1.89. The smallest absolute Gasteiger partial charge is 0.0225 e. The van der Waals surface area contributed by atoms with Crippen LogP contribution in [0.2, 0.25) is 0 Å². The van der Waals surface area contributed by atoms with E-state index in [0.29, 0.717) is 5.92 Å². The third-order valence-electron chi connectivity index (χ3n) is 2.33. The second kappa shape index (κ2) is 2.92. The minimum absolute atomic E-state index is 0.582. The van der Waals surface area contributed by atoms with Crippen LogP contribution in [0.25, 0.3) is 0 Å². The van der Waals surface area contributed by atoms with Gasteiger partial charge in [0.2, 0.25) is 0 Å². The number of hydrogen-bond acceptors (Lipinski definition) is 0. The summed E-state index contributed by atoms with van der Waals surface area (Å²) in [6.07, 6.45) is 10.7. The molecule has 2 atom stereocenters. The van der Waals surface area contributed by atoms with Gasteiger partial charge in [-0.1, -0.05) is 19.8 Å². The second-order valence-corrected chi connectivity index (χ2v) is 3.03. The molecule has 0 amide bonds. The summed E-state index contributed by atoms with van der Waals surface area (Å²) in [4.78, 5) is 0. The number of rotatable bonds is 0. The second-order valence-electron chi connectivity index (χ2n) is 3.03. The summed E-state index contributed by atoms with van der Waals surface area (Å²) in [6.45, 7) is 2.27. The first-order valence-electron chi connectivity index (χ1n) is 3.80. The Morgan fingerprint density at radius 2 is 2.00 bits per heavy atom. The predicted molar refractivity (Wildman–Crippen MR) is 40.0 cm³/mol. The van der Waals surface area contributed by atoms with E-state index in [4.69, 9.17) is 6.42 Å². The monoisotopic (exact) mass is 122 g/mol. The zero-order chi connectivity index (χ0) is 6.69. The molecule has 0 N–H and O–H groups in total. The fraction of sp³-hybridized carbons (Fsp3) is 0.778. The summed E-state index contributed by atoms with van der Waals surface area (Å²) >= 11 is 0. The first-order chi connectivity index (χ1) is 4.34. The van der Waals surface area contributed by atoms with E-state index in [1.165, 1.54) is 25.7 Å². The first kappa shape index (κ1) is 6.68. The topological polar surface area (TPSA) is 0 Å². The predicted octanol–water partition coefficient (Wildman–Crippen LogP) is 2.45. The molecule has 0 saturated heterocycles. The Balaban J connectivity index is 2.41.